The van der Waals surface area contributed by atoms with Crippen molar-refractivity contribution in [2.75, 3.05) is 13.7 Å². The Morgan fingerprint density at radius 2 is 1.92 bits per heavy atom. The van der Waals surface area contributed by atoms with Gasteiger partial charge in [0, 0.05) is 20.1 Å². The molecule has 7 nitrogen and oxygen atoms in total. The predicted octanol–water partition coefficient (Wildman–Crippen LogP) is 4.03. The van der Waals surface area contributed by atoms with E-state index in [-0.39, 0.29) is 35.7 Å². The minimum atomic E-state index is -0.884. The maximum absolute atomic E-state index is 15.1. The van der Waals surface area contributed by atoms with Gasteiger partial charge in [0.15, 0.2) is 5.78 Å². The van der Waals surface area contributed by atoms with Gasteiger partial charge in [-0.25, -0.2) is 4.39 Å². The molecule has 1 aliphatic carbocycles. The molecule has 1 aliphatic heterocycles. The average molecular weight is 493 g/mol. The van der Waals surface area contributed by atoms with Crippen molar-refractivity contribution in [2.24, 2.45) is 0 Å². The fourth-order valence-electron chi connectivity index (χ4n) is 5.69. The molecule has 2 aromatic carbocycles. The van der Waals surface area contributed by atoms with E-state index < -0.39 is 17.5 Å². The molecule has 0 unspecified atom stereocenters. The van der Waals surface area contributed by atoms with Crippen LogP contribution in [-0.2, 0) is 40.8 Å². The fraction of sp³-hybridized carbons (Fsp3) is 0.393. The number of nitrogens with one attached hydrogen (secondary N) is 1. The topological polar surface area (TPSA) is 92.6 Å². The van der Waals surface area contributed by atoms with Crippen LogP contribution in [0.2, 0.25) is 0 Å². The van der Waals surface area contributed by atoms with Crippen LogP contribution in [0.4, 0.5) is 4.39 Å². The maximum Gasteiger partial charge on any atom is 0.293 e. The molecular formula is C28H29FN2O5. The third kappa shape index (κ3) is 4.30. The summed E-state index contributed by atoms with van der Waals surface area (Å²) in [7, 11) is 1.62. The second-order valence-corrected chi connectivity index (χ2v) is 10.3. The number of aryl methyl sites for hydroxylation is 1. The SMILES string of the molecule is COCc1ccc2c(c1)CCN(C(=O)c1cc(=O)[nH]o1)[C@H]2C(=O)Cc1cc(F)c2c(c1)CCC2(C)C. The summed E-state index contributed by atoms with van der Waals surface area (Å²) in [5.74, 6) is -1.20. The molecule has 0 saturated heterocycles. The summed E-state index contributed by atoms with van der Waals surface area (Å²) in [5, 5.41) is 2.13. The van der Waals surface area contributed by atoms with Crippen molar-refractivity contribution in [2.45, 2.75) is 57.6 Å². The highest BCUT2D eigenvalue weighted by atomic mass is 19.1. The maximum atomic E-state index is 15.1. The van der Waals surface area contributed by atoms with Gasteiger partial charge in [0.05, 0.1) is 12.7 Å². The number of fused-ring (bicyclic) bond motifs is 2. The van der Waals surface area contributed by atoms with Crippen LogP contribution >= 0.6 is 0 Å². The van der Waals surface area contributed by atoms with Crippen molar-refractivity contribution < 1.29 is 23.2 Å². The smallest absolute Gasteiger partial charge is 0.293 e. The Balaban J connectivity index is 1.51. The second kappa shape index (κ2) is 9.17. The van der Waals surface area contributed by atoms with E-state index in [0.29, 0.717) is 18.6 Å². The zero-order valence-corrected chi connectivity index (χ0v) is 20.7. The number of aromatic nitrogens is 1. The summed E-state index contributed by atoms with van der Waals surface area (Å²) >= 11 is 0. The highest BCUT2D eigenvalue weighted by Gasteiger charge is 2.38. The van der Waals surface area contributed by atoms with Crippen LogP contribution < -0.4 is 5.56 Å². The van der Waals surface area contributed by atoms with Gasteiger partial charge in [0.2, 0.25) is 5.76 Å². The summed E-state index contributed by atoms with van der Waals surface area (Å²) in [5.41, 5.74) is 4.17. The molecule has 0 radical (unpaired) electrons. The Kier molecular flexibility index (Phi) is 6.16. The third-order valence-electron chi connectivity index (χ3n) is 7.35. The molecular weight excluding hydrogens is 463 g/mol. The third-order valence-corrected chi connectivity index (χ3v) is 7.35. The number of hydrogen-bond acceptors (Lipinski definition) is 5. The summed E-state index contributed by atoms with van der Waals surface area (Å²) in [6.45, 7) is 4.78. The van der Waals surface area contributed by atoms with Crippen LogP contribution in [0.3, 0.4) is 0 Å². The first-order chi connectivity index (χ1) is 17.2. The first-order valence-corrected chi connectivity index (χ1v) is 12.1. The van der Waals surface area contributed by atoms with Crippen LogP contribution in [0.25, 0.3) is 0 Å². The summed E-state index contributed by atoms with van der Waals surface area (Å²) in [4.78, 5) is 40.1. The van der Waals surface area contributed by atoms with Gasteiger partial charge in [0.1, 0.15) is 11.9 Å². The van der Waals surface area contributed by atoms with Gasteiger partial charge in [0.25, 0.3) is 11.5 Å². The second-order valence-electron chi connectivity index (χ2n) is 10.3. The standard InChI is InChI=1S/C28H29FN2O5/c1-28(2)8-6-19-11-17(12-21(29)25(19)28)13-22(32)26-20-5-4-16(15-35-3)10-18(20)7-9-31(26)27(34)23-14-24(33)30-36-23/h4-5,10-12,14,26H,6-9,13,15H2,1-3H3,(H,30,33)/t26-/m1/s1. The monoisotopic (exact) mass is 492 g/mol. The number of halogens is 1. The van der Waals surface area contributed by atoms with Gasteiger partial charge in [-0.2, -0.15) is 5.16 Å². The Bertz CT molecular complexity index is 1400. The van der Waals surface area contributed by atoms with Gasteiger partial charge in [-0.15, -0.1) is 0 Å². The van der Waals surface area contributed by atoms with Crippen molar-refractivity contribution in [3.8, 4) is 0 Å². The largest absolute Gasteiger partial charge is 0.380 e. The quantitative estimate of drug-likeness (QED) is 0.561. The van der Waals surface area contributed by atoms with Gasteiger partial charge < -0.3 is 14.2 Å². The lowest BCUT2D eigenvalue weighted by Crippen LogP contribution is -2.44. The zero-order valence-electron chi connectivity index (χ0n) is 20.7. The van der Waals surface area contributed by atoms with Crippen molar-refractivity contribution >= 4 is 11.7 Å². The molecule has 1 aromatic heterocycles. The van der Waals surface area contributed by atoms with Crippen molar-refractivity contribution in [3.05, 3.63) is 91.7 Å². The normalized spacial score (nSPS) is 18.1. The number of rotatable bonds is 6. The highest BCUT2D eigenvalue weighted by Crippen LogP contribution is 2.41. The molecule has 8 heteroatoms. The van der Waals surface area contributed by atoms with E-state index in [4.69, 9.17) is 9.26 Å². The number of H-pyrrole nitrogens is 1. The van der Waals surface area contributed by atoms with Crippen LogP contribution in [0.1, 0.15) is 70.2 Å². The Morgan fingerprint density at radius 3 is 2.64 bits per heavy atom. The Morgan fingerprint density at radius 1 is 1.14 bits per heavy atom. The van der Waals surface area contributed by atoms with Gasteiger partial charge in [-0.05, 0) is 64.1 Å². The molecule has 188 valence electrons. The average Bonchev–Trinajstić information content (AvgIpc) is 3.40. The van der Waals surface area contributed by atoms with Gasteiger partial charge in [-0.3, -0.25) is 14.4 Å². The number of carbonyl (C=O) groups is 2. The van der Waals surface area contributed by atoms with Gasteiger partial charge in [-0.1, -0.05) is 38.1 Å². The molecule has 2 aliphatic rings. The summed E-state index contributed by atoms with van der Waals surface area (Å²) in [6, 6.07) is 9.30. The number of benzene rings is 2. The highest BCUT2D eigenvalue weighted by molar-refractivity contribution is 5.97. The Labute approximate surface area is 208 Å². The molecule has 3 aromatic rings. The lowest BCUT2D eigenvalue weighted by atomic mass is 9.84. The van der Waals surface area contributed by atoms with Gasteiger partial charge >= 0.3 is 0 Å². The predicted molar refractivity (Wildman–Crippen MR) is 130 cm³/mol. The molecule has 0 fully saturated rings. The molecule has 0 saturated carbocycles. The van der Waals surface area contributed by atoms with E-state index in [1.54, 1.807) is 7.11 Å². The number of carbonyl (C=O) groups excluding carboxylic acids is 2. The first-order valence-electron chi connectivity index (χ1n) is 12.1. The zero-order chi connectivity index (χ0) is 25.6. The number of ether oxygens (including phenoxy) is 1. The minimum absolute atomic E-state index is 0.0184. The molecule has 36 heavy (non-hydrogen) atoms. The van der Waals surface area contributed by atoms with E-state index in [1.165, 1.54) is 11.0 Å². The Hall–Kier alpha value is -3.52. The fourth-order valence-corrected chi connectivity index (χ4v) is 5.69. The van der Waals surface area contributed by atoms with Crippen LogP contribution in [0.15, 0.2) is 45.7 Å². The number of amides is 1. The molecule has 5 rings (SSSR count). The van der Waals surface area contributed by atoms with Crippen molar-refractivity contribution in [3.63, 3.8) is 0 Å². The van der Waals surface area contributed by atoms with Crippen molar-refractivity contribution in [1.29, 1.82) is 0 Å². The van der Waals surface area contributed by atoms with Crippen LogP contribution in [0.5, 0.6) is 0 Å². The first kappa shape index (κ1) is 24.2. The molecule has 2 heterocycles. The number of Topliss-reactive ketones (excluding diaryl/α,β-unsaturated/α-hetero) is 1. The van der Waals surface area contributed by atoms with E-state index >= 15 is 4.39 Å². The number of aromatic amines is 1. The molecule has 1 atom stereocenters. The number of hydrogen-bond donors (Lipinski definition) is 1. The summed E-state index contributed by atoms with van der Waals surface area (Å²) < 4.78 is 25.4. The lowest BCUT2D eigenvalue weighted by Gasteiger charge is -2.36. The summed E-state index contributed by atoms with van der Waals surface area (Å²) in [6.07, 6.45) is 2.16. The molecule has 0 bridgehead atoms. The van der Waals surface area contributed by atoms with Crippen molar-refractivity contribution in [1.82, 2.24) is 10.1 Å². The number of methoxy groups -OCH3 is 1. The van der Waals surface area contributed by atoms with Crippen LogP contribution in [0, 0.1) is 5.82 Å². The van der Waals surface area contributed by atoms with Crippen LogP contribution in [-0.4, -0.2) is 35.4 Å². The van der Waals surface area contributed by atoms with E-state index in [0.717, 1.165) is 46.7 Å². The lowest BCUT2D eigenvalue weighted by molar-refractivity contribution is -0.123. The molecule has 1 amide bonds. The molecule has 0 spiro atoms. The molecule has 1 N–H and O–H groups in total. The minimum Gasteiger partial charge on any atom is -0.380 e. The number of ketones is 1. The van der Waals surface area contributed by atoms with E-state index in [2.05, 4.69) is 5.16 Å². The van der Waals surface area contributed by atoms with E-state index in [9.17, 15) is 14.4 Å². The number of nitrogens with zero attached hydrogens (tertiary/aromatic N) is 1. The van der Waals surface area contributed by atoms with E-state index in [1.807, 2.05) is 38.1 Å².